The molecule has 0 aliphatic heterocycles. The Morgan fingerprint density at radius 2 is 1.97 bits per heavy atom. The van der Waals surface area contributed by atoms with E-state index in [-0.39, 0.29) is 27.1 Å². The van der Waals surface area contributed by atoms with Crippen LogP contribution in [0.4, 0.5) is 0 Å². The van der Waals surface area contributed by atoms with Crippen molar-refractivity contribution in [2.24, 2.45) is 5.92 Å². The zero-order valence-electron chi connectivity index (χ0n) is 16.6. The molecule has 148 valence electrons. The molecule has 0 spiro atoms. The van der Waals surface area contributed by atoms with E-state index in [1.807, 2.05) is 43.3 Å². The molecule has 0 amide bonds. The number of carbonyl (C=O) groups is 1. The molecule has 29 heavy (non-hydrogen) atoms. The van der Waals surface area contributed by atoms with Crippen molar-refractivity contribution in [3.8, 4) is 22.0 Å². The molecule has 3 rings (SSSR count). The second-order valence-electron chi connectivity index (χ2n) is 7.02. The van der Waals surface area contributed by atoms with Gasteiger partial charge in [-0.05, 0) is 0 Å². The van der Waals surface area contributed by atoms with E-state index in [1.54, 1.807) is 12.1 Å². The van der Waals surface area contributed by atoms with Gasteiger partial charge in [-0.25, -0.2) is 0 Å². The fourth-order valence-corrected chi connectivity index (χ4v) is 4.64. The van der Waals surface area contributed by atoms with Crippen LogP contribution in [0.3, 0.4) is 0 Å². The number of esters is 1. The molecule has 0 aliphatic carbocycles. The summed E-state index contributed by atoms with van der Waals surface area (Å²) in [5.41, 5.74) is 2.93. The molecule has 0 bridgehead atoms. The molecule has 3 aromatic rings. The second-order valence-corrected chi connectivity index (χ2v) is 9.12. The van der Waals surface area contributed by atoms with Gasteiger partial charge in [0.15, 0.2) is 0 Å². The van der Waals surface area contributed by atoms with Crippen LogP contribution in [0.15, 0.2) is 48.5 Å². The maximum atomic E-state index is 12.5. The fraction of sp³-hybridized carbons (Fsp3) is 0.261. The van der Waals surface area contributed by atoms with Crippen molar-refractivity contribution in [1.29, 1.82) is 5.26 Å². The fourth-order valence-electron chi connectivity index (χ4n) is 2.63. The first-order chi connectivity index (χ1) is 14.0. The number of hydrogen-bond acceptors (Lipinski definition) is 5. The SMILES string of the molecule is Cc1nc(-c2ccc(OCC(C)C)c(C#N)c2)[se]c1C(=O)OCc1ccccc1. The molecular weight excluding hydrogens is 431 g/mol. The first-order valence-corrected chi connectivity index (χ1v) is 11.0. The average molecular weight is 453 g/mol. The summed E-state index contributed by atoms with van der Waals surface area (Å²) in [4.78, 5) is 17.1. The van der Waals surface area contributed by atoms with Crippen LogP contribution >= 0.6 is 0 Å². The van der Waals surface area contributed by atoms with Crippen molar-refractivity contribution in [3.05, 3.63) is 69.8 Å². The summed E-state index contributed by atoms with van der Waals surface area (Å²) < 4.78 is 12.6. The van der Waals surface area contributed by atoms with E-state index in [0.29, 0.717) is 34.0 Å². The Labute approximate surface area is 176 Å². The topological polar surface area (TPSA) is 72.2 Å². The third-order valence-corrected chi connectivity index (χ3v) is 6.60. The number of aryl methyl sites for hydroxylation is 1. The van der Waals surface area contributed by atoms with Gasteiger partial charge in [-0.1, -0.05) is 0 Å². The number of rotatable bonds is 7. The van der Waals surface area contributed by atoms with Gasteiger partial charge in [0.2, 0.25) is 0 Å². The van der Waals surface area contributed by atoms with Crippen molar-refractivity contribution in [2.75, 3.05) is 6.61 Å². The molecule has 0 unspecified atom stereocenters. The standard InChI is InChI=1S/C23H22N2O3Se/c1-15(2)13-27-20-10-9-18(11-19(20)12-24)22-25-16(3)21(29-22)23(26)28-14-17-7-5-4-6-8-17/h4-11,15H,13-14H2,1-3H3. The molecule has 1 heterocycles. The second kappa shape index (κ2) is 9.56. The minimum absolute atomic E-state index is 0.238. The molecule has 6 heteroatoms. The molecule has 5 nitrogen and oxygen atoms in total. The molecule has 0 aliphatic rings. The molecular formula is C23H22N2O3Se. The van der Waals surface area contributed by atoms with E-state index in [4.69, 9.17) is 9.47 Å². The van der Waals surface area contributed by atoms with Gasteiger partial charge in [-0.15, -0.1) is 0 Å². The molecule has 0 saturated carbocycles. The first-order valence-electron chi connectivity index (χ1n) is 9.33. The third kappa shape index (κ3) is 5.35. The Morgan fingerprint density at radius 3 is 2.66 bits per heavy atom. The number of ether oxygens (including phenoxy) is 2. The Balaban J connectivity index is 1.77. The van der Waals surface area contributed by atoms with Gasteiger partial charge in [0.05, 0.1) is 0 Å². The Bertz CT molecular complexity index is 1040. The predicted octanol–water partition coefficient (Wildman–Crippen LogP) is 4.38. The average Bonchev–Trinajstić information content (AvgIpc) is 3.12. The van der Waals surface area contributed by atoms with E-state index >= 15 is 0 Å². The van der Waals surface area contributed by atoms with Crippen LogP contribution in [0, 0.1) is 24.2 Å². The van der Waals surface area contributed by atoms with Crippen LogP contribution in [0.2, 0.25) is 0 Å². The third-order valence-electron chi connectivity index (χ3n) is 4.11. The quantitative estimate of drug-likeness (QED) is 0.392. The number of nitrogens with zero attached hydrogens (tertiary/aromatic N) is 2. The van der Waals surface area contributed by atoms with Crippen molar-refractivity contribution in [1.82, 2.24) is 4.98 Å². The molecule has 0 saturated heterocycles. The van der Waals surface area contributed by atoms with Gasteiger partial charge >= 0.3 is 177 Å². The summed E-state index contributed by atoms with van der Waals surface area (Å²) >= 11 is -0.273. The van der Waals surface area contributed by atoms with E-state index in [1.165, 1.54) is 0 Å². The van der Waals surface area contributed by atoms with Gasteiger partial charge in [-0.3, -0.25) is 0 Å². The number of benzene rings is 2. The van der Waals surface area contributed by atoms with E-state index in [9.17, 15) is 10.1 Å². The van der Waals surface area contributed by atoms with Crippen molar-refractivity contribution in [3.63, 3.8) is 0 Å². The van der Waals surface area contributed by atoms with Crippen LogP contribution in [0.1, 0.15) is 39.9 Å². The van der Waals surface area contributed by atoms with Crippen LogP contribution in [-0.4, -0.2) is 32.1 Å². The molecule has 0 N–H and O–H groups in total. The zero-order chi connectivity index (χ0) is 20.8. The summed E-state index contributed by atoms with van der Waals surface area (Å²) in [5.74, 6) is 0.616. The summed E-state index contributed by atoms with van der Waals surface area (Å²) in [6.45, 7) is 6.73. The number of carbonyl (C=O) groups excluding carboxylic acids is 1. The molecule has 2 aromatic carbocycles. The Morgan fingerprint density at radius 1 is 1.21 bits per heavy atom. The van der Waals surface area contributed by atoms with Crippen molar-refractivity contribution < 1.29 is 14.3 Å². The maximum absolute atomic E-state index is 12.5. The number of aromatic nitrogens is 1. The first kappa shape index (κ1) is 20.9. The van der Waals surface area contributed by atoms with E-state index in [2.05, 4.69) is 24.9 Å². The van der Waals surface area contributed by atoms with Crippen molar-refractivity contribution in [2.45, 2.75) is 27.4 Å². The van der Waals surface area contributed by atoms with Crippen LogP contribution in [-0.2, 0) is 11.3 Å². The molecule has 1 aromatic heterocycles. The summed E-state index contributed by atoms with van der Waals surface area (Å²) in [5, 5.41) is 9.47. The van der Waals surface area contributed by atoms with E-state index < -0.39 is 0 Å². The van der Waals surface area contributed by atoms with Crippen LogP contribution in [0.5, 0.6) is 5.75 Å². The predicted molar refractivity (Wildman–Crippen MR) is 112 cm³/mol. The Kier molecular flexibility index (Phi) is 6.87. The van der Waals surface area contributed by atoms with Crippen molar-refractivity contribution >= 4 is 20.5 Å². The summed E-state index contributed by atoms with van der Waals surface area (Å²) in [6.07, 6.45) is 0. The molecule has 0 fully saturated rings. The van der Waals surface area contributed by atoms with Gasteiger partial charge in [0, 0.05) is 0 Å². The Hall–Kier alpha value is -2.87. The summed E-state index contributed by atoms with van der Waals surface area (Å²) in [6, 6.07) is 17.2. The molecule has 0 radical (unpaired) electrons. The van der Waals surface area contributed by atoms with Gasteiger partial charge in [0.1, 0.15) is 0 Å². The van der Waals surface area contributed by atoms with E-state index in [0.717, 1.165) is 15.7 Å². The van der Waals surface area contributed by atoms with Crippen LogP contribution in [0.25, 0.3) is 10.1 Å². The summed E-state index contributed by atoms with van der Waals surface area (Å²) in [7, 11) is 0. The molecule has 0 atom stereocenters. The van der Waals surface area contributed by atoms with Gasteiger partial charge < -0.3 is 0 Å². The zero-order valence-corrected chi connectivity index (χ0v) is 18.4. The normalized spacial score (nSPS) is 10.6. The minimum atomic E-state index is -0.331. The van der Waals surface area contributed by atoms with Gasteiger partial charge in [-0.2, -0.15) is 0 Å². The monoisotopic (exact) mass is 454 g/mol. The number of nitriles is 1. The van der Waals surface area contributed by atoms with Crippen LogP contribution < -0.4 is 4.74 Å². The van der Waals surface area contributed by atoms with Gasteiger partial charge in [0.25, 0.3) is 0 Å². The number of hydrogen-bond donors (Lipinski definition) is 0.